The highest BCUT2D eigenvalue weighted by molar-refractivity contribution is 8.06. The second kappa shape index (κ2) is 4.77. The largest absolute Gasteiger partial charge is 0.109 e. The maximum absolute atomic E-state index is 5.57. The molecule has 0 aliphatic carbocycles. The first kappa shape index (κ1) is 9.06. The average Bonchev–Trinajstić information content (AvgIpc) is 2.03. The van der Waals surface area contributed by atoms with Crippen LogP contribution in [0.15, 0.2) is 36.1 Å². The van der Waals surface area contributed by atoms with E-state index in [0.717, 1.165) is 5.56 Å². The summed E-state index contributed by atoms with van der Waals surface area (Å²) in [5.41, 5.74) is 1.13. The second-order valence-corrected chi connectivity index (χ2v) is 5.51. The summed E-state index contributed by atoms with van der Waals surface area (Å²) in [6.45, 7) is -0.960. The Bertz CT molecular complexity index is 231. The van der Waals surface area contributed by atoms with Crippen LogP contribution in [0.4, 0.5) is 0 Å². The molecule has 0 nitrogen and oxygen atoms in total. The van der Waals surface area contributed by atoms with Gasteiger partial charge in [-0.05, 0) is 11.4 Å². The zero-order valence-electron chi connectivity index (χ0n) is 5.74. The lowest BCUT2D eigenvalue weighted by molar-refractivity contribution is 1.67. The van der Waals surface area contributed by atoms with Crippen LogP contribution in [0.5, 0.6) is 0 Å². The Labute approximate surface area is 77.2 Å². The second-order valence-electron chi connectivity index (χ2n) is 1.99. The highest BCUT2D eigenvalue weighted by atomic mass is 35.9. The van der Waals surface area contributed by atoms with E-state index in [9.17, 15) is 0 Å². The molecule has 0 aliphatic rings. The molecule has 3 heteroatoms. The summed E-state index contributed by atoms with van der Waals surface area (Å²) in [5.74, 6) is 1.80. The normalized spacial score (nSPS) is 11.2. The molecule has 0 amide bonds. The lowest BCUT2D eigenvalue weighted by Crippen LogP contribution is -1.65. The van der Waals surface area contributed by atoms with Crippen molar-refractivity contribution < 1.29 is 0 Å². The topological polar surface area (TPSA) is 0 Å². The lowest BCUT2D eigenvalue weighted by Gasteiger charge is -1.90. The highest BCUT2D eigenvalue weighted by Crippen LogP contribution is 2.48. The lowest BCUT2D eigenvalue weighted by atomic mass is 10.2. The maximum atomic E-state index is 5.57. The van der Waals surface area contributed by atoms with Gasteiger partial charge in [0.05, 0.1) is 0 Å². The molecule has 0 unspecified atom stereocenters. The Morgan fingerprint density at radius 3 is 2.27 bits per heavy atom. The molecule has 0 aliphatic heterocycles. The summed E-state index contributed by atoms with van der Waals surface area (Å²) in [6, 6.07) is 9.93. The molecular formula is C8H7Cl2P. The van der Waals surface area contributed by atoms with E-state index >= 15 is 0 Å². The quantitative estimate of drug-likeness (QED) is 0.625. The van der Waals surface area contributed by atoms with E-state index < -0.39 is 6.63 Å². The van der Waals surface area contributed by atoms with Gasteiger partial charge in [0.25, 0.3) is 0 Å². The number of benzene rings is 1. The molecule has 1 rings (SSSR count). The summed E-state index contributed by atoms with van der Waals surface area (Å²) in [6.07, 6.45) is 1.92. The van der Waals surface area contributed by atoms with E-state index in [4.69, 9.17) is 22.5 Å². The Balaban J connectivity index is 2.65. The third kappa shape index (κ3) is 3.76. The van der Waals surface area contributed by atoms with Gasteiger partial charge in [0.15, 0.2) is 0 Å². The van der Waals surface area contributed by atoms with Gasteiger partial charge < -0.3 is 0 Å². The molecule has 0 atom stereocenters. The molecule has 0 radical (unpaired) electrons. The highest BCUT2D eigenvalue weighted by Gasteiger charge is 1.88. The number of hydrogen-bond acceptors (Lipinski definition) is 0. The van der Waals surface area contributed by atoms with Crippen LogP contribution in [0.3, 0.4) is 0 Å². The van der Waals surface area contributed by atoms with Crippen LogP contribution in [0.25, 0.3) is 6.08 Å². The summed E-state index contributed by atoms with van der Waals surface area (Å²) >= 11 is 11.1. The van der Waals surface area contributed by atoms with Crippen molar-refractivity contribution in [2.24, 2.45) is 0 Å². The van der Waals surface area contributed by atoms with Gasteiger partial charge >= 0.3 is 0 Å². The minimum atomic E-state index is -0.960. The molecule has 0 bridgehead atoms. The number of halogens is 2. The monoisotopic (exact) mass is 204 g/mol. The Morgan fingerprint density at radius 1 is 1.09 bits per heavy atom. The summed E-state index contributed by atoms with van der Waals surface area (Å²) in [4.78, 5) is 0. The Kier molecular flexibility index (Phi) is 3.93. The average molecular weight is 205 g/mol. The molecule has 0 saturated heterocycles. The molecule has 1 aromatic carbocycles. The molecule has 0 saturated carbocycles. The van der Waals surface area contributed by atoms with Crippen LogP contribution >= 0.6 is 29.1 Å². The molecule has 1 aromatic rings. The van der Waals surface area contributed by atoms with Crippen LogP contribution in [-0.2, 0) is 0 Å². The first-order valence-electron chi connectivity index (χ1n) is 3.13. The predicted molar refractivity (Wildman–Crippen MR) is 54.1 cm³/mol. The third-order valence-electron chi connectivity index (χ3n) is 1.18. The van der Waals surface area contributed by atoms with Crippen LogP contribution in [-0.4, -0.2) is 0 Å². The fourth-order valence-corrected chi connectivity index (χ4v) is 1.33. The zero-order chi connectivity index (χ0) is 8.10. The molecule has 58 valence electrons. The fourth-order valence-electron chi connectivity index (χ4n) is 0.707. The fraction of sp³-hybridized carbons (Fsp3) is 0. The Morgan fingerprint density at radius 2 is 1.73 bits per heavy atom. The first-order chi connectivity index (χ1) is 5.29. The molecule has 0 N–H and O–H groups in total. The van der Waals surface area contributed by atoms with Crippen LogP contribution in [0, 0.1) is 0 Å². The van der Waals surface area contributed by atoms with Gasteiger partial charge in [-0.3, -0.25) is 0 Å². The zero-order valence-corrected chi connectivity index (χ0v) is 8.15. The van der Waals surface area contributed by atoms with Gasteiger partial charge in [-0.1, -0.05) is 58.9 Å². The van der Waals surface area contributed by atoms with Gasteiger partial charge in [-0.15, -0.1) is 0 Å². The summed E-state index contributed by atoms with van der Waals surface area (Å²) < 4.78 is 0. The number of rotatable bonds is 2. The van der Waals surface area contributed by atoms with E-state index in [1.165, 1.54) is 0 Å². The van der Waals surface area contributed by atoms with Gasteiger partial charge in [-0.2, -0.15) is 0 Å². The van der Waals surface area contributed by atoms with Crippen molar-refractivity contribution in [2.45, 2.75) is 0 Å². The van der Waals surface area contributed by atoms with E-state index in [2.05, 4.69) is 0 Å². The van der Waals surface area contributed by atoms with Crippen molar-refractivity contribution in [1.82, 2.24) is 0 Å². The number of hydrogen-bond donors (Lipinski definition) is 0. The van der Waals surface area contributed by atoms with E-state index in [1.54, 1.807) is 5.82 Å². The third-order valence-corrected chi connectivity index (χ3v) is 2.23. The smallest absolute Gasteiger partial charge is 0.0734 e. The van der Waals surface area contributed by atoms with Crippen molar-refractivity contribution in [3.05, 3.63) is 41.7 Å². The standard InChI is InChI=1S/C8H7Cl2P/c9-11(10)7-6-8-4-2-1-3-5-8/h1-7H/b7-6+. The SMILES string of the molecule is ClP(Cl)/C=C/c1ccccc1. The van der Waals surface area contributed by atoms with E-state index in [1.807, 2.05) is 36.4 Å². The van der Waals surface area contributed by atoms with Gasteiger partial charge in [0.2, 0.25) is 0 Å². The van der Waals surface area contributed by atoms with Crippen LogP contribution in [0.1, 0.15) is 5.56 Å². The molecule has 0 aromatic heterocycles. The van der Waals surface area contributed by atoms with Gasteiger partial charge in [0.1, 0.15) is 6.63 Å². The summed E-state index contributed by atoms with van der Waals surface area (Å²) in [7, 11) is 0. The Hall–Kier alpha value is -0.0300. The van der Waals surface area contributed by atoms with Crippen molar-refractivity contribution in [1.29, 1.82) is 0 Å². The minimum Gasteiger partial charge on any atom is -0.0734 e. The molecule has 0 heterocycles. The molecule has 11 heavy (non-hydrogen) atoms. The van der Waals surface area contributed by atoms with Gasteiger partial charge in [-0.25, -0.2) is 0 Å². The molecule has 0 spiro atoms. The van der Waals surface area contributed by atoms with E-state index in [0.29, 0.717) is 0 Å². The molecule has 0 fully saturated rings. The van der Waals surface area contributed by atoms with Gasteiger partial charge in [0, 0.05) is 0 Å². The first-order valence-corrected chi connectivity index (χ1v) is 6.35. The summed E-state index contributed by atoms with van der Waals surface area (Å²) in [5, 5.41) is 0. The van der Waals surface area contributed by atoms with Crippen molar-refractivity contribution in [3.8, 4) is 0 Å². The minimum absolute atomic E-state index is 0.960. The van der Waals surface area contributed by atoms with Crippen molar-refractivity contribution in [2.75, 3.05) is 0 Å². The maximum Gasteiger partial charge on any atom is 0.109 e. The van der Waals surface area contributed by atoms with Crippen LogP contribution < -0.4 is 0 Å². The predicted octanol–water partition coefficient (Wildman–Crippen LogP) is 4.45. The molecular weight excluding hydrogens is 198 g/mol. The van der Waals surface area contributed by atoms with E-state index in [-0.39, 0.29) is 0 Å². The van der Waals surface area contributed by atoms with Crippen LogP contribution in [0.2, 0.25) is 0 Å². The van der Waals surface area contributed by atoms with Crippen molar-refractivity contribution >= 4 is 35.2 Å². The van der Waals surface area contributed by atoms with Crippen molar-refractivity contribution in [3.63, 3.8) is 0 Å².